The number of hydrogen-bond acceptors (Lipinski definition) is 3. The molecule has 0 spiro atoms. The van der Waals surface area contributed by atoms with Crippen molar-refractivity contribution in [1.82, 2.24) is 0 Å². The first-order valence-corrected chi connectivity index (χ1v) is 12.9. The van der Waals surface area contributed by atoms with Crippen LogP contribution in [0.2, 0.25) is 0 Å². The highest BCUT2D eigenvalue weighted by Gasteiger charge is 2.30. The smallest absolute Gasteiger partial charge is 0.341 e. The van der Waals surface area contributed by atoms with Crippen LogP contribution in [0.4, 0.5) is 13.2 Å². The maximum Gasteiger partial charge on any atom is 0.341 e. The number of benzene rings is 2. The van der Waals surface area contributed by atoms with Gasteiger partial charge in [-0.05, 0) is 92.0 Å². The van der Waals surface area contributed by atoms with E-state index in [0.29, 0.717) is 55.9 Å². The van der Waals surface area contributed by atoms with Crippen molar-refractivity contribution in [3.05, 3.63) is 70.0 Å². The second kappa shape index (κ2) is 11.6. The van der Waals surface area contributed by atoms with Gasteiger partial charge in [-0.25, -0.2) is 18.0 Å². The zero-order chi connectivity index (χ0) is 24.9. The average molecular weight is 489 g/mol. The Bertz CT molecular complexity index is 1020. The summed E-state index contributed by atoms with van der Waals surface area (Å²) in [7, 11) is 0. The molecule has 2 aromatic rings. The standard InChI is InChI=1S/C29H35F3O3/c1-3-34-17-19-6-13-23(26(30)16-19)20-9-11-22(12-10-20)35-29(33)25-15-14-24(27(31)28(25)32)21-7-4-18(2)5-8-21/h6,13-16,18,20-22H,3-5,7-12,17H2,1-2H3. The molecule has 0 bridgehead atoms. The number of ether oxygens (including phenoxy) is 2. The lowest BCUT2D eigenvalue weighted by atomic mass is 9.79. The molecule has 0 aromatic heterocycles. The molecule has 0 N–H and O–H groups in total. The number of carbonyl (C=O) groups excluding carboxylic acids is 1. The quantitative estimate of drug-likeness (QED) is 0.373. The van der Waals surface area contributed by atoms with Gasteiger partial charge in [0.15, 0.2) is 11.6 Å². The molecule has 3 nitrogen and oxygen atoms in total. The Kier molecular flexibility index (Phi) is 8.53. The molecule has 0 heterocycles. The van der Waals surface area contributed by atoms with Crippen molar-refractivity contribution in [1.29, 1.82) is 0 Å². The van der Waals surface area contributed by atoms with Crippen LogP contribution >= 0.6 is 0 Å². The lowest BCUT2D eigenvalue weighted by Gasteiger charge is -2.29. The van der Waals surface area contributed by atoms with Crippen LogP contribution in [-0.4, -0.2) is 18.7 Å². The molecule has 2 aliphatic carbocycles. The Morgan fingerprint density at radius 3 is 2.14 bits per heavy atom. The Balaban J connectivity index is 1.34. The van der Waals surface area contributed by atoms with Gasteiger partial charge in [0.25, 0.3) is 0 Å². The molecule has 2 fully saturated rings. The van der Waals surface area contributed by atoms with E-state index in [1.165, 1.54) is 12.1 Å². The van der Waals surface area contributed by atoms with Crippen molar-refractivity contribution in [3.63, 3.8) is 0 Å². The SMILES string of the molecule is CCOCc1ccc(C2CCC(OC(=O)c3ccc(C4CCC(C)CC4)c(F)c3F)CC2)c(F)c1. The van der Waals surface area contributed by atoms with E-state index in [1.54, 1.807) is 6.07 Å². The summed E-state index contributed by atoms with van der Waals surface area (Å²) in [6.07, 6.45) is 5.71. The highest BCUT2D eigenvalue weighted by molar-refractivity contribution is 5.90. The van der Waals surface area contributed by atoms with Crippen molar-refractivity contribution >= 4 is 5.97 Å². The molecule has 0 saturated heterocycles. The van der Waals surface area contributed by atoms with Crippen LogP contribution in [0.25, 0.3) is 0 Å². The van der Waals surface area contributed by atoms with Crippen molar-refractivity contribution in [2.45, 2.75) is 89.8 Å². The number of carbonyl (C=O) groups is 1. The summed E-state index contributed by atoms with van der Waals surface area (Å²) in [4.78, 5) is 12.6. The number of hydrogen-bond donors (Lipinski definition) is 0. The molecule has 2 aliphatic rings. The summed E-state index contributed by atoms with van der Waals surface area (Å²) in [5, 5.41) is 0. The zero-order valence-electron chi connectivity index (χ0n) is 20.6. The van der Waals surface area contributed by atoms with Gasteiger partial charge in [0, 0.05) is 6.61 Å². The van der Waals surface area contributed by atoms with Gasteiger partial charge in [-0.1, -0.05) is 38.0 Å². The van der Waals surface area contributed by atoms with Crippen LogP contribution in [0.15, 0.2) is 30.3 Å². The second-order valence-electron chi connectivity index (χ2n) is 10.2. The number of esters is 1. The Morgan fingerprint density at radius 1 is 0.857 bits per heavy atom. The Morgan fingerprint density at radius 2 is 1.49 bits per heavy atom. The van der Waals surface area contributed by atoms with Gasteiger partial charge in [-0.2, -0.15) is 0 Å². The Hall–Kier alpha value is -2.34. The van der Waals surface area contributed by atoms with Crippen LogP contribution in [-0.2, 0) is 16.1 Å². The minimum atomic E-state index is -1.12. The lowest BCUT2D eigenvalue weighted by Crippen LogP contribution is -2.25. The summed E-state index contributed by atoms with van der Waals surface area (Å²) in [5.74, 6) is -2.47. The molecule has 0 aliphatic heterocycles. The van der Waals surface area contributed by atoms with Crippen LogP contribution in [0, 0.1) is 23.4 Å². The molecule has 6 heteroatoms. The number of rotatable bonds is 7. The first-order chi connectivity index (χ1) is 16.9. The molecule has 2 saturated carbocycles. The van der Waals surface area contributed by atoms with E-state index in [9.17, 15) is 18.0 Å². The third-order valence-electron chi connectivity index (χ3n) is 7.71. The number of halogens is 3. The van der Waals surface area contributed by atoms with E-state index in [2.05, 4.69) is 6.92 Å². The second-order valence-corrected chi connectivity index (χ2v) is 10.2. The van der Waals surface area contributed by atoms with E-state index < -0.39 is 17.6 Å². The third-order valence-corrected chi connectivity index (χ3v) is 7.71. The van der Waals surface area contributed by atoms with Crippen molar-refractivity contribution in [2.75, 3.05) is 6.61 Å². The van der Waals surface area contributed by atoms with Crippen molar-refractivity contribution in [3.8, 4) is 0 Å². The van der Waals surface area contributed by atoms with Crippen molar-refractivity contribution < 1.29 is 27.4 Å². The van der Waals surface area contributed by atoms with Crippen LogP contribution < -0.4 is 0 Å². The first kappa shape index (κ1) is 25.7. The highest BCUT2D eigenvalue weighted by atomic mass is 19.2. The molecule has 0 radical (unpaired) electrons. The zero-order valence-corrected chi connectivity index (χ0v) is 20.6. The average Bonchev–Trinajstić information content (AvgIpc) is 2.85. The summed E-state index contributed by atoms with van der Waals surface area (Å²) in [5.41, 5.74) is 1.47. The molecule has 0 atom stereocenters. The van der Waals surface area contributed by atoms with Gasteiger partial charge in [-0.3, -0.25) is 0 Å². The molecule has 35 heavy (non-hydrogen) atoms. The first-order valence-electron chi connectivity index (χ1n) is 12.9. The normalized spacial score (nSPS) is 24.8. The molecular weight excluding hydrogens is 453 g/mol. The predicted octanol–water partition coefficient (Wildman–Crippen LogP) is 7.82. The molecule has 190 valence electrons. The van der Waals surface area contributed by atoms with E-state index in [0.717, 1.165) is 31.2 Å². The molecule has 2 aromatic carbocycles. The monoisotopic (exact) mass is 488 g/mol. The predicted molar refractivity (Wildman–Crippen MR) is 129 cm³/mol. The van der Waals surface area contributed by atoms with E-state index in [4.69, 9.17) is 9.47 Å². The summed E-state index contributed by atoms with van der Waals surface area (Å²) < 4.78 is 55.2. The topological polar surface area (TPSA) is 35.5 Å². The van der Waals surface area contributed by atoms with Crippen LogP contribution in [0.3, 0.4) is 0 Å². The van der Waals surface area contributed by atoms with Gasteiger partial charge in [0.05, 0.1) is 12.2 Å². The van der Waals surface area contributed by atoms with Crippen LogP contribution in [0.5, 0.6) is 0 Å². The Labute approximate surface area is 206 Å². The van der Waals surface area contributed by atoms with Crippen molar-refractivity contribution in [2.24, 2.45) is 5.92 Å². The van der Waals surface area contributed by atoms with Crippen LogP contribution in [0.1, 0.15) is 104 Å². The summed E-state index contributed by atoms with van der Waals surface area (Å²) in [6, 6.07) is 8.12. The minimum absolute atomic E-state index is 0.00493. The molecule has 0 unspecified atom stereocenters. The fraction of sp³-hybridized carbons (Fsp3) is 0.552. The summed E-state index contributed by atoms with van der Waals surface area (Å²) in [6.45, 7) is 5.03. The largest absolute Gasteiger partial charge is 0.459 e. The van der Waals surface area contributed by atoms with E-state index >= 15 is 0 Å². The van der Waals surface area contributed by atoms with Gasteiger partial charge >= 0.3 is 5.97 Å². The van der Waals surface area contributed by atoms with Gasteiger partial charge in [0.2, 0.25) is 0 Å². The highest BCUT2D eigenvalue weighted by Crippen LogP contribution is 2.38. The molecule has 4 rings (SSSR count). The van der Waals surface area contributed by atoms with E-state index in [1.807, 2.05) is 19.1 Å². The van der Waals surface area contributed by atoms with Gasteiger partial charge < -0.3 is 9.47 Å². The molecular formula is C29H35F3O3. The summed E-state index contributed by atoms with van der Waals surface area (Å²) >= 11 is 0. The maximum atomic E-state index is 14.8. The maximum absolute atomic E-state index is 14.8. The molecule has 0 amide bonds. The minimum Gasteiger partial charge on any atom is -0.459 e. The third kappa shape index (κ3) is 6.08. The van der Waals surface area contributed by atoms with Gasteiger partial charge in [0.1, 0.15) is 11.9 Å². The lowest BCUT2D eigenvalue weighted by molar-refractivity contribution is 0.0188. The fourth-order valence-electron chi connectivity index (χ4n) is 5.53. The van der Waals surface area contributed by atoms with Gasteiger partial charge in [-0.15, -0.1) is 0 Å². The fourth-order valence-corrected chi connectivity index (χ4v) is 5.53. The van der Waals surface area contributed by atoms with E-state index in [-0.39, 0.29) is 29.3 Å².